The average Bonchev–Trinajstić information content (AvgIpc) is 4.08. The largest absolute Gasteiger partial charge is 0.456 e. The molecule has 10 aromatic carbocycles. The van der Waals surface area contributed by atoms with E-state index < -0.39 is 0 Å². The Hall–Kier alpha value is -9.12. The van der Waals surface area contributed by atoms with Crippen molar-refractivity contribution in [2.24, 2.45) is 0 Å². The van der Waals surface area contributed by atoms with E-state index in [-0.39, 0.29) is 5.41 Å². The van der Waals surface area contributed by atoms with Gasteiger partial charge in [-0.2, -0.15) is 0 Å². The number of nitrogens with zero attached hydrogens (tertiary/aromatic N) is 2. The maximum Gasteiger partial charge on any atom is 0.160 e. The SMILES string of the molecule is CC1(c2ccccc2)c2ccccc2-c2ccc(-c3cc(-c4cccc(-c5cc(-c6ccc7oc8ccccc8c7c6)cc(-c6ccc7oc8ccccc8c7c6)c5)c4)nc(-c4ccccc4)n3)cc21. The molecule has 0 fully saturated rings. The molecule has 0 spiro atoms. The van der Waals surface area contributed by atoms with Crippen molar-refractivity contribution >= 4 is 43.9 Å². The quantitative estimate of drug-likeness (QED) is 0.160. The van der Waals surface area contributed by atoms with Gasteiger partial charge in [0.05, 0.1) is 11.4 Å². The highest BCUT2D eigenvalue weighted by Gasteiger charge is 2.40. The summed E-state index contributed by atoms with van der Waals surface area (Å²) in [6.45, 7) is 2.36. The lowest BCUT2D eigenvalue weighted by Crippen LogP contribution is -2.22. The minimum Gasteiger partial charge on any atom is -0.456 e. The Balaban J connectivity index is 0.925. The van der Waals surface area contributed by atoms with Gasteiger partial charge in [-0.3, -0.25) is 0 Å². The van der Waals surface area contributed by atoms with Gasteiger partial charge in [-0.15, -0.1) is 0 Å². The molecule has 70 heavy (non-hydrogen) atoms. The predicted octanol–water partition coefficient (Wildman–Crippen LogP) is 17.6. The molecule has 1 unspecified atom stereocenters. The van der Waals surface area contributed by atoms with E-state index in [1.165, 1.54) is 27.8 Å². The Morgan fingerprint density at radius 1 is 0.300 bits per heavy atom. The molecular weight excluding hydrogens is 853 g/mol. The monoisotopic (exact) mass is 894 g/mol. The summed E-state index contributed by atoms with van der Waals surface area (Å²) >= 11 is 0. The second-order valence-electron chi connectivity index (χ2n) is 18.6. The van der Waals surface area contributed by atoms with Crippen LogP contribution in [0, 0.1) is 0 Å². The fraction of sp³-hybridized carbons (Fsp3) is 0.0303. The molecule has 1 atom stereocenters. The van der Waals surface area contributed by atoms with Crippen LogP contribution in [0.2, 0.25) is 0 Å². The Bertz CT molecular complexity index is 4070. The fourth-order valence-electron chi connectivity index (χ4n) is 11.0. The molecule has 0 radical (unpaired) electrons. The molecule has 0 aliphatic heterocycles. The molecule has 3 heterocycles. The van der Waals surface area contributed by atoms with E-state index in [1.54, 1.807) is 0 Å². The number of furan rings is 2. The Kier molecular flexibility index (Phi) is 8.99. The lowest BCUT2D eigenvalue weighted by molar-refractivity contribution is 0.668. The molecule has 4 heteroatoms. The first-order valence-electron chi connectivity index (χ1n) is 23.9. The summed E-state index contributed by atoms with van der Waals surface area (Å²) in [5.41, 5.74) is 21.0. The molecule has 13 aromatic rings. The summed E-state index contributed by atoms with van der Waals surface area (Å²) < 4.78 is 12.5. The smallest absolute Gasteiger partial charge is 0.160 e. The van der Waals surface area contributed by atoms with Crippen LogP contribution in [0.25, 0.3) is 122 Å². The fourth-order valence-corrected chi connectivity index (χ4v) is 11.0. The summed E-state index contributed by atoms with van der Waals surface area (Å²) in [6, 6.07) is 84.4. The Labute approximate surface area is 404 Å². The highest BCUT2D eigenvalue weighted by molar-refractivity contribution is 6.08. The maximum atomic E-state index is 6.27. The topological polar surface area (TPSA) is 52.1 Å². The van der Waals surface area contributed by atoms with Crippen molar-refractivity contribution < 1.29 is 8.83 Å². The molecule has 1 aliphatic carbocycles. The minimum atomic E-state index is -0.334. The Morgan fingerprint density at radius 2 is 0.757 bits per heavy atom. The highest BCUT2D eigenvalue weighted by Crippen LogP contribution is 2.53. The van der Waals surface area contributed by atoms with Gasteiger partial charge in [-0.05, 0) is 141 Å². The number of benzene rings is 10. The summed E-state index contributed by atoms with van der Waals surface area (Å²) in [4.78, 5) is 10.6. The van der Waals surface area contributed by atoms with Crippen molar-refractivity contribution in [2.45, 2.75) is 12.3 Å². The van der Waals surface area contributed by atoms with E-state index in [0.29, 0.717) is 5.82 Å². The lowest BCUT2D eigenvalue weighted by Gasteiger charge is -2.28. The second kappa shape index (κ2) is 15.7. The van der Waals surface area contributed by atoms with Gasteiger partial charge in [0.1, 0.15) is 22.3 Å². The highest BCUT2D eigenvalue weighted by atomic mass is 16.3. The lowest BCUT2D eigenvalue weighted by atomic mass is 9.74. The van der Waals surface area contributed by atoms with Crippen LogP contribution < -0.4 is 0 Å². The van der Waals surface area contributed by atoms with Crippen molar-refractivity contribution in [3.8, 4) is 78.4 Å². The van der Waals surface area contributed by atoms with E-state index in [0.717, 1.165) is 105 Å². The van der Waals surface area contributed by atoms with Crippen LogP contribution >= 0.6 is 0 Å². The van der Waals surface area contributed by atoms with E-state index in [1.807, 2.05) is 42.5 Å². The zero-order valence-corrected chi connectivity index (χ0v) is 38.2. The standard InChI is InChI=1S/C66H42N2O2/c1-66(50-19-6-3-7-20-50)57-24-11-8-21-51(57)52-30-27-46(39-58(52)66)60-40-59(67-65(68-60)41-15-4-2-5-16-41)45-18-14-17-42(33-45)47-34-48(43-28-31-63-55(37-43)53-22-9-12-25-61(53)69-63)36-49(35-47)44-29-32-64-56(38-44)54-23-10-13-26-62(54)70-64/h2-40H,1H3. The first-order chi connectivity index (χ1) is 34.5. The van der Waals surface area contributed by atoms with E-state index in [9.17, 15) is 0 Å². The molecule has 14 rings (SSSR count). The predicted molar refractivity (Wildman–Crippen MR) is 287 cm³/mol. The number of hydrogen-bond donors (Lipinski definition) is 0. The van der Waals surface area contributed by atoms with Gasteiger partial charge in [0.2, 0.25) is 0 Å². The van der Waals surface area contributed by atoms with Crippen LogP contribution in [-0.4, -0.2) is 9.97 Å². The van der Waals surface area contributed by atoms with Gasteiger partial charge in [0.15, 0.2) is 5.82 Å². The molecular formula is C66H42N2O2. The maximum absolute atomic E-state index is 6.27. The van der Waals surface area contributed by atoms with Gasteiger partial charge in [-0.1, -0.05) is 164 Å². The van der Waals surface area contributed by atoms with Gasteiger partial charge in [0.25, 0.3) is 0 Å². The zero-order chi connectivity index (χ0) is 46.3. The van der Waals surface area contributed by atoms with E-state index >= 15 is 0 Å². The number of aromatic nitrogens is 2. The average molecular weight is 895 g/mol. The summed E-state index contributed by atoms with van der Waals surface area (Å²) in [6.07, 6.45) is 0. The minimum absolute atomic E-state index is 0.334. The molecule has 0 bridgehead atoms. The number of fused-ring (bicyclic) bond motifs is 9. The van der Waals surface area contributed by atoms with E-state index in [2.05, 4.69) is 201 Å². The van der Waals surface area contributed by atoms with Crippen molar-refractivity contribution in [1.82, 2.24) is 9.97 Å². The van der Waals surface area contributed by atoms with Crippen LogP contribution in [0.5, 0.6) is 0 Å². The van der Waals surface area contributed by atoms with E-state index in [4.69, 9.17) is 18.8 Å². The van der Waals surface area contributed by atoms with Crippen molar-refractivity contribution in [2.75, 3.05) is 0 Å². The molecule has 0 saturated heterocycles. The van der Waals surface area contributed by atoms with Crippen LogP contribution in [0.15, 0.2) is 245 Å². The first-order valence-corrected chi connectivity index (χ1v) is 23.9. The van der Waals surface area contributed by atoms with Crippen LogP contribution in [0.1, 0.15) is 23.6 Å². The van der Waals surface area contributed by atoms with Crippen molar-refractivity contribution in [3.05, 3.63) is 253 Å². The third-order valence-electron chi connectivity index (χ3n) is 14.6. The number of rotatable bonds is 7. The van der Waals surface area contributed by atoms with Gasteiger partial charge in [-0.25, -0.2) is 9.97 Å². The number of hydrogen-bond acceptors (Lipinski definition) is 4. The Morgan fingerprint density at radius 3 is 1.40 bits per heavy atom. The third-order valence-corrected chi connectivity index (χ3v) is 14.6. The third kappa shape index (κ3) is 6.45. The normalized spacial score (nSPS) is 14.1. The van der Waals surface area contributed by atoms with Gasteiger partial charge in [0, 0.05) is 43.7 Å². The van der Waals surface area contributed by atoms with Crippen molar-refractivity contribution in [1.29, 1.82) is 0 Å². The van der Waals surface area contributed by atoms with Crippen LogP contribution in [0.3, 0.4) is 0 Å². The number of para-hydroxylation sites is 2. The summed E-state index contributed by atoms with van der Waals surface area (Å²) in [5.74, 6) is 0.682. The summed E-state index contributed by atoms with van der Waals surface area (Å²) in [5, 5.41) is 4.41. The second-order valence-corrected chi connectivity index (χ2v) is 18.6. The van der Waals surface area contributed by atoms with Crippen LogP contribution in [0.4, 0.5) is 0 Å². The molecule has 0 amide bonds. The molecule has 1 aliphatic rings. The zero-order valence-electron chi connectivity index (χ0n) is 38.2. The molecule has 0 N–H and O–H groups in total. The van der Waals surface area contributed by atoms with Gasteiger partial charge >= 0.3 is 0 Å². The van der Waals surface area contributed by atoms with Crippen molar-refractivity contribution in [3.63, 3.8) is 0 Å². The van der Waals surface area contributed by atoms with Crippen LogP contribution in [-0.2, 0) is 5.41 Å². The molecule has 3 aromatic heterocycles. The molecule has 328 valence electrons. The summed E-state index contributed by atoms with van der Waals surface area (Å²) in [7, 11) is 0. The molecule has 4 nitrogen and oxygen atoms in total. The van der Waals surface area contributed by atoms with Gasteiger partial charge < -0.3 is 8.83 Å². The molecule has 0 saturated carbocycles. The first kappa shape index (κ1) is 40.0.